The molecule has 4 aromatic rings. The number of ether oxygens (including phenoxy) is 1. The van der Waals surface area contributed by atoms with Crippen molar-refractivity contribution < 1.29 is 14.3 Å². The van der Waals surface area contributed by atoms with Gasteiger partial charge >= 0.3 is 5.97 Å². The zero-order valence-electron chi connectivity index (χ0n) is 17.4. The van der Waals surface area contributed by atoms with Crippen LogP contribution in [0.3, 0.4) is 0 Å². The third-order valence-corrected chi connectivity index (χ3v) is 6.20. The van der Waals surface area contributed by atoms with Gasteiger partial charge in [0.15, 0.2) is 5.16 Å². The number of hydrogen-bond acceptors (Lipinski definition) is 6. The summed E-state index contributed by atoms with van der Waals surface area (Å²) in [5, 5.41) is 3.52. The van der Waals surface area contributed by atoms with Crippen molar-refractivity contribution in [2.75, 3.05) is 18.2 Å². The van der Waals surface area contributed by atoms with Crippen LogP contribution in [0.5, 0.6) is 0 Å². The summed E-state index contributed by atoms with van der Waals surface area (Å²) >= 11 is 4.50. The number of carbonyl (C=O) groups excluding carboxylic acids is 2. The van der Waals surface area contributed by atoms with Crippen LogP contribution < -0.4 is 10.9 Å². The molecule has 0 aliphatic heterocycles. The average Bonchev–Trinajstić information content (AvgIpc) is 2.84. The van der Waals surface area contributed by atoms with Crippen molar-refractivity contribution in [2.24, 2.45) is 0 Å². The summed E-state index contributed by atoms with van der Waals surface area (Å²) in [6, 6.07) is 20.9. The zero-order chi connectivity index (χ0) is 23.4. The second-order valence-electron chi connectivity index (χ2n) is 6.94. The van der Waals surface area contributed by atoms with Crippen LogP contribution in [0.15, 0.2) is 87.2 Å². The minimum atomic E-state index is -0.519. The molecule has 1 heterocycles. The smallest absolute Gasteiger partial charge is 0.337 e. The molecule has 0 radical (unpaired) electrons. The summed E-state index contributed by atoms with van der Waals surface area (Å²) in [6.07, 6.45) is 0. The van der Waals surface area contributed by atoms with E-state index in [2.05, 4.69) is 26.2 Å². The van der Waals surface area contributed by atoms with Crippen molar-refractivity contribution in [1.82, 2.24) is 9.55 Å². The standard InChI is InChI=1S/C24H18BrN3O4S/c1-32-23(31)15-7-12-19-20(13-15)27-24(28(22(19)30)18-5-3-2-4-6-18)33-14-21(29)26-17-10-8-16(25)9-11-17/h2-13H,14H2,1H3,(H,26,29). The van der Waals surface area contributed by atoms with E-state index in [9.17, 15) is 14.4 Å². The van der Waals surface area contributed by atoms with Crippen LogP contribution in [0.4, 0.5) is 5.69 Å². The highest BCUT2D eigenvalue weighted by molar-refractivity contribution is 9.10. The van der Waals surface area contributed by atoms with Crippen LogP contribution in [0.25, 0.3) is 16.6 Å². The lowest BCUT2D eigenvalue weighted by atomic mass is 10.1. The second-order valence-corrected chi connectivity index (χ2v) is 8.80. The monoisotopic (exact) mass is 523 g/mol. The molecule has 0 aliphatic carbocycles. The molecule has 1 N–H and O–H groups in total. The number of thioether (sulfide) groups is 1. The van der Waals surface area contributed by atoms with Crippen LogP contribution >= 0.6 is 27.7 Å². The number of carbonyl (C=O) groups is 2. The lowest BCUT2D eigenvalue weighted by Crippen LogP contribution is -2.23. The van der Waals surface area contributed by atoms with Crippen molar-refractivity contribution in [2.45, 2.75) is 5.16 Å². The highest BCUT2D eigenvalue weighted by atomic mass is 79.9. The summed E-state index contributed by atoms with van der Waals surface area (Å²) < 4.78 is 7.15. The summed E-state index contributed by atoms with van der Waals surface area (Å²) in [6.45, 7) is 0. The molecule has 0 spiro atoms. The molecule has 0 atom stereocenters. The third kappa shape index (κ3) is 5.15. The van der Waals surface area contributed by atoms with Gasteiger partial charge in [0.2, 0.25) is 5.91 Å². The maximum atomic E-state index is 13.4. The number of aromatic nitrogens is 2. The lowest BCUT2D eigenvalue weighted by Gasteiger charge is -2.13. The SMILES string of the molecule is COC(=O)c1ccc2c(=O)n(-c3ccccc3)c(SCC(=O)Nc3ccc(Br)cc3)nc2c1. The van der Waals surface area contributed by atoms with Gasteiger partial charge in [-0.25, -0.2) is 9.78 Å². The molecule has 3 aromatic carbocycles. The highest BCUT2D eigenvalue weighted by Crippen LogP contribution is 2.23. The normalized spacial score (nSPS) is 10.7. The van der Waals surface area contributed by atoms with Gasteiger partial charge < -0.3 is 10.1 Å². The Hall–Kier alpha value is -3.43. The van der Waals surface area contributed by atoms with Crippen LogP contribution in [-0.2, 0) is 9.53 Å². The quantitative estimate of drug-likeness (QED) is 0.224. The number of fused-ring (bicyclic) bond motifs is 1. The van der Waals surface area contributed by atoms with E-state index in [1.54, 1.807) is 30.3 Å². The minimum Gasteiger partial charge on any atom is -0.465 e. The molecular formula is C24H18BrN3O4S. The minimum absolute atomic E-state index is 0.0392. The Bertz CT molecular complexity index is 1390. The molecule has 0 saturated carbocycles. The van der Waals surface area contributed by atoms with Crippen molar-refractivity contribution in [3.05, 3.63) is 93.2 Å². The Morgan fingerprint density at radius 3 is 2.48 bits per heavy atom. The van der Waals surface area contributed by atoms with Gasteiger partial charge in [-0.05, 0) is 54.6 Å². The fourth-order valence-corrected chi connectivity index (χ4v) is 4.25. The number of nitrogens with one attached hydrogen (secondary N) is 1. The molecule has 1 aromatic heterocycles. The van der Waals surface area contributed by atoms with E-state index in [1.165, 1.54) is 23.8 Å². The Morgan fingerprint density at radius 1 is 1.06 bits per heavy atom. The van der Waals surface area contributed by atoms with Gasteiger partial charge in [-0.15, -0.1) is 0 Å². The van der Waals surface area contributed by atoms with Gasteiger partial charge in [0.05, 0.1) is 35.0 Å². The molecule has 7 nitrogen and oxygen atoms in total. The number of rotatable bonds is 6. The summed E-state index contributed by atoms with van der Waals surface area (Å²) in [4.78, 5) is 42.4. The van der Waals surface area contributed by atoms with Crippen molar-refractivity contribution >= 4 is 56.2 Å². The lowest BCUT2D eigenvalue weighted by molar-refractivity contribution is -0.113. The Kier molecular flexibility index (Phi) is 6.90. The first kappa shape index (κ1) is 22.8. The average molecular weight is 524 g/mol. The fraction of sp³-hybridized carbons (Fsp3) is 0.0833. The fourth-order valence-electron chi connectivity index (χ4n) is 3.17. The van der Waals surface area contributed by atoms with Crippen molar-refractivity contribution in [3.8, 4) is 5.69 Å². The van der Waals surface area contributed by atoms with Crippen LogP contribution in [0.2, 0.25) is 0 Å². The number of anilines is 1. The maximum Gasteiger partial charge on any atom is 0.337 e. The first-order chi connectivity index (χ1) is 16.0. The van der Waals surface area contributed by atoms with E-state index >= 15 is 0 Å². The number of benzene rings is 3. The molecule has 1 amide bonds. The Labute approximate surface area is 201 Å². The van der Waals surface area contributed by atoms with E-state index in [0.717, 1.165) is 16.2 Å². The van der Waals surface area contributed by atoms with Crippen LogP contribution in [0.1, 0.15) is 10.4 Å². The number of esters is 1. The molecular weight excluding hydrogens is 506 g/mol. The largest absolute Gasteiger partial charge is 0.465 e. The predicted octanol–water partition coefficient (Wildman–Crippen LogP) is 4.67. The zero-order valence-corrected chi connectivity index (χ0v) is 19.9. The van der Waals surface area contributed by atoms with Gasteiger partial charge in [-0.3, -0.25) is 14.2 Å². The summed E-state index contributed by atoms with van der Waals surface area (Å²) in [7, 11) is 1.29. The van der Waals surface area contributed by atoms with Gasteiger partial charge in [-0.1, -0.05) is 45.9 Å². The number of halogens is 1. The Balaban J connectivity index is 1.70. The van der Waals surface area contributed by atoms with E-state index in [1.807, 2.05) is 30.3 Å². The number of amides is 1. The second kappa shape index (κ2) is 10.0. The van der Waals surface area contributed by atoms with Gasteiger partial charge in [-0.2, -0.15) is 0 Å². The van der Waals surface area contributed by atoms with Crippen molar-refractivity contribution in [3.63, 3.8) is 0 Å². The number of nitrogens with zero attached hydrogens (tertiary/aromatic N) is 2. The first-order valence-electron chi connectivity index (χ1n) is 9.85. The number of hydrogen-bond donors (Lipinski definition) is 1. The molecule has 166 valence electrons. The van der Waals surface area contributed by atoms with Gasteiger partial charge in [0.1, 0.15) is 0 Å². The van der Waals surface area contributed by atoms with E-state index in [-0.39, 0.29) is 17.2 Å². The molecule has 0 aliphatic rings. The van der Waals surface area contributed by atoms with Crippen molar-refractivity contribution in [1.29, 1.82) is 0 Å². The Morgan fingerprint density at radius 2 is 1.79 bits per heavy atom. The predicted molar refractivity (Wildman–Crippen MR) is 132 cm³/mol. The summed E-state index contributed by atoms with van der Waals surface area (Å²) in [5.41, 5.74) is 1.64. The molecule has 0 saturated heterocycles. The summed E-state index contributed by atoms with van der Waals surface area (Å²) in [5.74, 6) is -0.717. The van der Waals surface area contributed by atoms with Gasteiger partial charge in [0.25, 0.3) is 5.56 Å². The van der Waals surface area contributed by atoms with Crippen LogP contribution in [-0.4, -0.2) is 34.3 Å². The molecule has 9 heteroatoms. The van der Waals surface area contributed by atoms with E-state index in [4.69, 9.17) is 4.74 Å². The molecule has 33 heavy (non-hydrogen) atoms. The highest BCUT2D eigenvalue weighted by Gasteiger charge is 2.16. The maximum absolute atomic E-state index is 13.4. The third-order valence-electron chi connectivity index (χ3n) is 4.73. The molecule has 0 unspecified atom stereocenters. The molecule has 0 bridgehead atoms. The number of para-hydroxylation sites is 1. The topological polar surface area (TPSA) is 90.3 Å². The molecule has 4 rings (SSSR count). The van der Waals surface area contributed by atoms with E-state index in [0.29, 0.717) is 33.0 Å². The van der Waals surface area contributed by atoms with Gasteiger partial charge in [0, 0.05) is 10.2 Å². The van der Waals surface area contributed by atoms with E-state index < -0.39 is 5.97 Å². The number of methoxy groups -OCH3 is 1. The molecule has 0 fully saturated rings. The first-order valence-corrected chi connectivity index (χ1v) is 11.6. The van der Waals surface area contributed by atoms with Crippen LogP contribution in [0, 0.1) is 0 Å².